The molecule has 0 bridgehead atoms. The molecule has 0 aromatic heterocycles. The van der Waals surface area contributed by atoms with E-state index in [9.17, 15) is 19.2 Å². The molecule has 0 atom stereocenters. The molecule has 0 amide bonds. The molecule has 12 nitrogen and oxygen atoms in total. The molecule has 0 saturated heterocycles. The first-order valence-corrected chi connectivity index (χ1v) is 10.6. The minimum absolute atomic E-state index is 0.102. The van der Waals surface area contributed by atoms with Gasteiger partial charge in [-0.05, 0) is 27.7 Å². The fourth-order valence-corrected chi connectivity index (χ4v) is 2.64. The zero-order chi connectivity index (χ0) is 25.6. The van der Waals surface area contributed by atoms with Crippen LogP contribution in [0.25, 0.3) is 0 Å². The fourth-order valence-electron chi connectivity index (χ4n) is 1.84. The van der Waals surface area contributed by atoms with Crippen molar-refractivity contribution in [2.75, 3.05) is 11.5 Å². The molecular weight excluding hydrogens is 456 g/mol. The Morgan fingerprint density at radius 1 is 0.576 bits per heavy atom. The number of carbonyl (C=O) groups is 4. The second-order valence-corrected chi connectivity index (χ2v) is 7.77. The van der Waals surface area contributed by atoms with E-state index < -0.39 is 36.5 Å². The van der Waals surface area contributed by atoms with Crippen LogP contribution in [0.2, 0.25) is 0 Å². The summed E-state index contributed by atoms with van der Waals surface area (Å²) in [4.78, 5) is 47.5. The maximum Gasteiger partial charge on any atom is 0.335 e. The molecule has 0 radical (unpaired) electrons. The number of rotatable bonds is 12. The van der Waals surface area contributed by atoms with Crippen molar-refractivity contribution in [2.24, 2.45) is 22.9 Å². The first-order chi connectivity index (χ1) is 15.3. The summed E-state index contributed by atoms with van der Waals surface area (Å²) >= 11 is 0.996. The number of ether oxygens (including phenoxy) is 4. The van der Waals surface area contributed by atoms with Crippen LogP contribution < -0.4 is 22.9 Å². The van der Waals surface area contributed by atoms with Crippen LogP contribution in [-0.2, 0) is 38.1 Å². The van der Waals surface area contributed by atoms with Crippen LogP contribution in [0, 0.1) is 0 Å². The highest BCUT2D eigenvalue weighted by molar-refractivity contribution is 7.99. The van der Waals surface area contributed by atoms with Gasteiger partial charge in [0.25, 0.3) is 12.6 Å². The number of thioether (sulfide) groups is 1. The first kappa shape index (κ1) is 29.4. The summed E-state index contributed by atoms with van der Waals surface area (Å²) in [5.74, 6) is -3.58. The summed E-state index contributed by atoms with van der Waals surface area (Å²) in [5, 5.41) is 0. The van der Waals surface area contributed by atoms with Crippen LogP contribution in [0.15, 0.2) is 47.1 Å². The molecule has 0 fully saturated rings. The lowest BCUT2D eigenvalue weighted by Gasteiger charge is -2.19. The lowest BCUT2D eigenvalue weighted by atomic mass is 10.4. The Labute approximate surface area is 195 Å². The Bertz CT molecular complexity index is 703. The van der Waals surface area contributed by atoms with Gasteiger partial charge in [0.05, 0.1) is 11.5 Å². The minimum Gasteiger partial charge on any atom is -0.421 e. The van der Waals surface area contributed by atoms with Gasteiger partial charge in [0.15, 0.2) is 0 Å². The van der Waals surface area contributed by atoms with E-state index >= 15 is 0 Å². The van der Waals surface area contributed by atoms with E-state index in [1.54, 1.807) is 0 Å². The van der Waals surface area contributed by atoms with Crippen molar-refractivity contribution in [1.29, 1.82) is 0 Å². The predicted molar refractivity (Wildman–Crippen MR) is 121 cm³/mol. The Morgan fingerprint density at radius 2 is 0.788 bits per heavy atom. The Kier molecular flexibility index (Phi) is 13.6. The monoisotopic (exact) mass is 486 g/mol. The van der Waals surface area contributed by atoms with Gasteiger partial charge in [-0.3, -0.25) is 0 Å². The summed E-state index contributed by atoms with van der Waals surface area (Å²) in [7, 11) is 0. The molecule has 0 saturated carbocycles. The van der Waals surface area contributed by atoms with E-state index in [0.717, 1.165) is 36.1 Å². The standard InChI is InChI=1S/C20H30N4O8S/c1-11(21)5-15(25)29-19(30-16(26)6-12(2)22)9-33-10-20(31-17(27)7-13(3)23)32-18(28)8-14(4)24/h5-8,19-20H,9-10,21-24H2,1-4H3/b11-5-,12-6-,13-7-,14-8-. The van der Waals surface area contributed by atoms with E-state index in [1.807, 2.05) is 0 Å². The van der Waals surface area contributed by atoms with E-state index in [4.69, 9.17) is 41.9 Å². The van der Waals surface area contributed by atoms with Crippen molar-refractivity contribution in [3.8, 4) is 0 Å². The van der Waals surface area contributed by atoms with Crippen LogP contribution >= 0.6 is 11.8 Å². The van der Waals surface area contributed by atoms with E-state index in [0.29, 0.717) is 0 Å². The lowest BCUT2D eigenvalue weighted by Crippen LogP contribution is -2.29. The molecule has 0 aromatic rings. The third-order valence-electron chi connectivity index (χ3n) is 2.88. The summed E-state index contributed by atoms with van der Waals surface area (Å²) in [5.41, 5.74) is 22.5. The predicted octanol–water partition coefficient (Wildman–Crippen LogP) is -0.00540. The molecule has 8 N–H and O–H groups in total. The topological polar surface area (TPSA) is 209 Å². The number of allylic oxidation sites excluding steroid dienone is 4. The average molecular weight is 487 g/mol. The lowest BCUT2D eigenvalue weighted by molar-refractivity contribution is -0.177. The summed E-state index contributed by atoms with van der Waals surface area (Å²) < 4.78 is 20.3. The average Bonchev–Trinajstić information content (AvgIpc) is 2.58. The Balaban J connectivity index is 5.30. The van der Waals surface area contributed by atoms with Crippen molar-refractivity contribution in [3.63, 3.8) is 0 Å². The largest absolute Gasteiger partial charge is 0.421 e. The molecule has 33 heavy (non-hydrogen) atoms. The van der Waals surface area contributed by atoms with Gasteiger partial charge >= 0.3 is 23.9 Å². The highest BCUT2D eigenvalue weighted by Crippen LogP contribution is 2.14. The number of hydrogen-bond acceptors (Lipinski definition) is 13. The van der Waals surface area contributed by atoms with Gasteiger partial charge in [0.1, 0.15) is 0 Å². The van der Waals surface area contributed by atoms with Crippen molar-refractivity contribution >= 4 is 35.6 Å². The zero-order valence-corrected chi connectivity index (χ0v) is 19.7. The molecule has 0 spiro atoms. The van der Waals surface area contributed by atoms with Crippen LogP contribution in [-0.4, -0.2) is 48.0 Å². The van der Waals surface area contributed by atoms with Gasteiger partial charge in [-0.25, -0.2) is 19.2 Å². The summed E-state index contributed by atoms with van der Waals surface area (Å²) in [6.07, 6.45) is 1.34. The van der Waals surface area contributed by atoms with E-state index in [1.165, 1.54) is 27.7 Å². The summed E-state index contributed by atoms with van der Waals surface area (Å²) in [6.45, 7) is 5.89. The van der Waals surface area contributed by atoms with Gasteiger partial charge in [0.2, 0.25) is 0 Å². The normalized spacial score (nSPS) is 13.0. The maximum atomic E-state index is 11.9. The van der Waals surface area contributed by atoms with Crippen molar-refractivity contribution in [2.45, 2.75) is 40.3 Å². The highest BCUT2D eigenvalue weighted by Gasteiger charge is 2.22. The second-order valence-electron chi connectivity index (χ2n) is 6.70. The minimum atomic E-state index is -1.34. The number of hydrogen-bond donors (Lipinski definition) is 4. The van der Waals surface area contributed by atoms with Gasteiger partial charge in [-0.15, -0.1) is 11.8 Å². The van der Waals surface area contributed by atoms with Crippen LogP contribution in [0.5, 0.6) is 0 Å². The molecule has 0 aliphatic heterocycles. The van der Waals surface area contributed by atoms with E-state index in [-0.39, 0.29) is 34.3 Å². The zero-order valence-electron chi connectivity index (χ0n) is 18.9. The van der Waals surface area contributed by atoms with Crippen LogP contribution in [0.3, 0.4) is 0 Å². The van der Waals surface area contributed by atoms with Crippen molar-refractivity contribution < 1.29 is 38.1 Å². The molecule has 13 heteroatoms. The molecule has 0 aliphatic rings. The van der Waals surface area contributed by atoms with Crippen molar-refractivity contribution in [1.82, 2.24) is 0 Å². The Hall–Kier alpha value is -3.61. The third-order valence-corrected chi connectivity index (χ3v) is 3.90. The molecular formula is C20H30N4O8S. The van der Waals surface area contributed by atoms with Gasteiger partial charge < -0.3 is 41.9 Å². The number of esters is 4. The molecule has 184 valence electrons. The summed E-state index contributed by atoms with van der Waals surface area (Å²) in [6, 6.07) is 0. The second kappa shape index (κ2) is 15.2. The number of nitrogens with two attached hydrogens (primary N) is 4. The van der Waals surface area contributed by atoms with Gasteiger partial charge in [-0.1, -0.05) is 0 Å². The highest BCUT2D eigenvalue weighted by atomic mass is 32.2. The first-order valence-electron chi connectivity index (χ1n) is 9.43. The van der Waals surface area contributed by atoms with E-state index in [2.05, 4.69) is 0 Å². The number of carbonyl (C=O) groups excluding carboxylic acids is 4. The van der Waals surface area contributed by atoms with Gasteiger partial charge in [-0.2, -0.15) is 0 Å². The van der Waals surface area contributed by atoms with Crippen LogP contribution in [0.1, 0.15) is 27.7 Å². The van der Waals surface area contributed by atoms with Crippen LogP contribution in [0.4, 0.5) is 0 Å². The molecule has 0 rings (SSSR count). The molecule has 0 unspecified atom stereocenters. The SMILES string of the molecule is C/C(N)=C/C(=O)OC(CSCC(OC(=O)/C=C(/C)N)OC(=O)/C=C(/C)N)OC(=O)/C=C(/C)N. The molecule has 0 heterocycles. The maximum absolute atomic E-state index is 11.9. The smallest absolute Gasteiger partial charge is 0.335 e. The Morgan fingerprint density at radius 3 is 0.970 bits per heavy atom. The molecule has 0 aliphatic carbocycles. The quantitative estimate of drug-likeness (QED) is 0.163. The van der Waals surface area contributed by atoms with Gasteiger partial charge in [0, 0.05) is 47.1 Å². The van der Waals surface area contributed by atoms with Crippen molar-refractivity contribution in [3.05, 3.63) is 47.1 Å². The third kappa shape index (κ3) is 16.7. The molecule has 0 aromatic carbocycles. The fraction of sp³-hybridized carbons (Fsp3) is 0.400.